The van der Waals surface area contributed by atoms with Crippen molar-refractivity contribution in [2.45, 2.75) is 38.4 Å². The first-order chi connectivity index (χ1) is 9.99. The molecule has 110 valence electrons. The molecule has 0 saturated heterocycles. The second-order valence-electron chi connectivity index (χ2n) is 5.97. The molecule has 1 aliphatic carbocycles. The maximum atomic E-state index is 11.1. The number of nitrogen functional groups attached to an aromatic ring is 1. The van der Waals surface area contributed by atoms with Crippen molar-refractivity contribution in [1.29, 1.82) is 0 Å². The van der Waals surface area contributed by atoms with E-state index in [0.29, 0.717) is 6.42 Å². The lowest BCUT2D eigenvalue weighted by Gasteiger charge is -2.25. The largest absolute Gasteiger partial charge is 0.491 e. The smallest absolute Gasteiger partial charge is 0.119 e. The molecule has 0 amide bonds. The maximum Gasteiger partial charge on any atom is 0.119 e. The molecule has 1 unspecified atom stereocenters. The lowest BCUT2D eigenvalue weighted by molar-refractivity contribution is 0.0828. The summed E-state index contributed by atoms with van der Waals surface area (Å²) in [6.07, 6.45) is 1.69. The molecule has 21 heavy (non-hydrogen) atoms. The summed E-state index contributed by atoms with van der Waals surface area (Å²) in [7, 11) is 0. The van der Waals surface area contributed by atoms with Gasteiger partial charge in [0.25, 0.3) is 0 Å². The molecule has 0 radical (unpaired) electrons. The van der Waals surface area contributed by atoms with Crippen LogP contribution in [0.25, 0.3) is 0 Å². The number of hydrogen-bond donors (Lipinski definition) is 2. The van der Waals surface area contributed by atoms with E-state index in [0.717, 1.165) is 34.5 Å². The summed E-state index contributed by atoms with van der Waals surface area (Å²) in [4.78, 5) is 0. The topological polar surface area (TPSA) is 55.5 Å². The highest BCUT2D eigenvalue weighted by molar-refractivity contribution is 5.52. The van der Waals surface area contributed by atoms with Crippen molar-refractivity contribution >= 4 is 5.69 Å². The van der Waals surface area contributed by atoms with Gasteiger partial charge in [0.2, 0.25) is 0 Å². The van der Waals surface area contributed by atoms with Crippen molar-refractivity contribution in [3.63, 3.8) is 0 Å². The highest BCUT2D eigenvalue weighted by Crippen LogP contribution is 2.42. The summed E-state index contributed by atoms with van der Waals surface area (Å²) in [5.74, 6) is 0.827. The fraction of sp³-hybridized carbons (Fsp3) is 0.333. The third kappa shape index (κ3) is 2.49. The lowest BCUT2D eigenvalue weighted by Crippen LogP contribution is -2.23. The number of nitrogens with two attached hydrogens (primary N) is 1. The molecule has 0 aliphatic heterocycles. The van der Waals surface area contributed by atoms with Crippen molar-refractivity contribution in [1.82, 2.24) is 0 Å². The van der Waals surface area contributed by atoms with Crippen molar-refractivity contribution in [2.24, 2.45) is 0 Å². The molecule has 3 nitrogen and oxygen atoms in total. The molecule has 0 spiro atoms. The second-order valence-corrected chi connectivity index (χ2v) is 5.97. The van der Waals surface area contributed by atoms with Gasteiger partial charge in [0.05, 0.1) is 6.10 Å². The molecule has 0 aromatic heterocycles. The molecule has 3 N–H and O–H groups in total. The number of aryl methyl sites for hydroxylation is 1. The minimum absolute atomic E-state index is 0.147. The van der Waals surface area contributed by atoms with Gasteiger partial charge in [-0.3, -0.25) is 0 Å². The predicted molar refractivity (Wildman–Crippen MR) is 84.4 cm³/mol. The maximum absolute atomic E-state index is 11.1. The average molecular weight is 283 g/mol. The zero-order valence-electron chi connectivity index (χ0n) is 12.5. The van der Waals surface area contributed by atoms with Gasteiger partial charge in [-0.25, -0.2) is 0 Å². The van der Waals surface area contributed by atoms with Crippen molar-refractivity contribution in [2.75, 3.05) is 5.73 Å². The van der Waals surface area contributed by atoms with E-state index < -0.39 is 5.60 Å². The Morgan fingerprint density at radius 3 is 2.52 bits per heavy atom. The molecule has 0 bridgehead atoms. The number of hydrogen-bond acceptors (Lipinski definition) is 3. The Morgan fingerprint density at radius 1 is 1.14 bits per heavy atom. The molecule has 2 aromatic carbocycles. The summed E-state index contributed by atoms with van der Waals surface area (Å²) >= 11 is 0. The standard InChI is InChI=1S/C18H21NO2/c1-12(2)21-16-6-3-14(4-7-16)18(20)10-9-13-11-15(19)5-8-17(13)18/h3-8,11-12,20H,9-10,19H2,1-2H3. The van der Waals surface area contributed by atoms with Gasteiger partial charge in [-0.15, -0.1) is 0 Å². The molecule has 1 atom stereocenters. The van der Waals surface area contributed by atoms with Gasteiger partial charge in [0, 0.05) is 5.69 Å². The molecular weight excluding hydrogens is 262 g/mol. The van der Waals surface area contributed by atoms with Gasteiger partial charge in [-0.05, 0) is 67.6 Å². The van der Waals surface area contributed by atoms with Crippen molar-refractivity contribution in [3.05, 3.63) is 59.2 Å². The van der Waals surface area contributed by atoms with Crippen molar-refractivity contribution in [3.8, 4) is 5.75 Å². The molecule has 2 aromatic rings. The summed E-state index contributed by atoms with van der Waals surface area (Å²) in [6, 6.07) is 13.5. The van der Waals surface area contributed by atoms with Gasteiger partial charge in [0.15, 0.2) is 0 Å². The van der Waals surface area contributed by atoms with Crippen LogP contribution in [0.3, 0.4) is 0 Å². The van der Waals surface area contributed by atoms with Crippen LogP contribution in [0.5, 0.6) is 5.75 Å². The van der Waals surface area contributed by atoms with Crippen LogP contribution in [0.15, 0.2) is 42.5 Å². The monoisotopic (exact) mass is 283 g/mol. The van der Waals surface area contributed by atoms with Crippen LogP contribution in [-0.4, -0.2) is 11.2 Å². The summed E-state index contributed by atoms with van der Waals surface area (Å²) in [6.45, 7) is 4.00. The summed E-state index contributed by atoms with van der Waals surface area (Å²) < 4.78 is 5.65. The fourth-order valence-corrected chi connectivity index (χ4v) is 3.06. The fourth-order valence-electron chi connectivity index (χ4n) is 3.06. The van der Waals surface area contributed by atoms with E-state index in [4.69, 9.17) is 10.5 Å². The summed E-state index contributed by atoms with van der Waals surface area (Å²) in [5, 5.41) is 11.1. The Kier molecular flexibility index (Phi) is 3.38. The molecular formula is C18H21NO2. The first-order valence-electron chi connectivity index (χ1n) is 7.37. The van der Waals surface area contributed by atoms with E-state index in [9.17, 15) is 5.11 Å². The Bertz CT molecular complexity index is 649. The average Bonchev–Trinajstić information content (AvgIpc) is 2.77. The van der Waals surface area contributed by atoms with E-state index in [1.807, 2.05) is 56.3 Å². The third-order valence-electron chi connectivity index (χ3n) is 4.03. The van der Waals surface area contributed by atoms with Crippen LogP contribution in [0.2, 0.25) is 0 Å². The van der Waals surface area contributed by atoms with E-state index in [1.54, 1.807) is 0 Å². The SMILES string of the molecule is CC(C)Oc1ccc(C2(O)CCc3cc(N)ccc32)cc1. The van der Waals surface area contributed by atoms with Gasteiger partial charge < -0.3 is 15.6 Å². The first kappa shape index (κ1) is 14.0. The Balaban J connectivity index is 1.94. The van der Waals surface area contributed by atoms with E-state index in [-0.39, 0.29) is 6.10 Å². The van der Waals surface area contributed by atoms with Crippen LogP contribution >= 0.6 is 0 Å². The molecule has 0 saturated carbocycles. The molecule has 0 fully saturated rings. The van der Waals surface area contributed by atoms with Crippen LogP contribution in [0.1, 0.15) is 37.0 Å². The minimum Gasteiger partial charge on any atom is -0.491 e. The lowest BCUT2D eigenvalue weighted by atomic mass is 9.88. The molecule has 0 heterocycles. The number of aliphatic hydroxyl groups is 1. The quantitative estimate of drug-likeness (QED) is 0.850. The van der Waals surface area contributed by atoms with E-state index in [1.165, 1.54) is 0 Å². The van der Waals surface area contributed by atoms with Gasteiger partial charge >= 0.3 is 0 Å². The molecule has 3 rings (SSSR count). The Hall–Kier alpha value is -2.00. The zero-order valence-corrected chi connectivity index (χ0v) is 12.5. The number of anilines is 1. The van der Waals surface area contributed by atoms with Crippen LogP contribution in [-0.2, 0) is 12.0 Å². The predicted octanol–water partition coefficient (Wildman–Crippen LogP) is 3.24. The highest BCUT2D eigenvalue weighted by atomic mass is 16.5. The normalized spacial score (nSPS) is 20.6. The van der Waals surface area contributed by atoms with Gasteiger partial charge in [-0.2, -0.15) is 0 Å². The van der Waals surface area contributed by atoms with Gasteiger partial charge in [0.1, 0.15) is 11.4 Å². The second kappa shape index (κ2) is 5.08. The highest BCUT2D eigenvalue weighted by Gasteiger charge is 2.38. The Labute approximate surface area is 125 Å². The molecule has 3 heteroatoms. The number of rotatable bonds is 3. The number of fused-ring (bicyclic) bond motifs is 1. The minimum atomic E-state index is -0.917. The van der Waals surface area contributed by atoms with Crippen LogP contribution in [0.4, 0.5) is 5.69 Å². The number of ether oxygens (including phenoxy) is 1. The third-order valence-corrected chi connectivity index (χ3v) is 4.03. The first-order valence-corrected chi connectivity index (χ1v) is 7.37. The van der Waals surface area contributed by atoms with E-state index in [2.05, 4.69) is 0 Å². The molecule has 1 aliphatic rings. The van der Waals surface area contributed by atoms with Crippen LogP contribution in [0, 0.1) is 0 Å². The van der Waals surface area contributed by atoms with Gasteiger partial charge in [-0.1, -0.05) is 18.2 Å². The summed E-state index contributed by atoms with van der Waals surface area (Å²) in [5.41, 5.74) is 8.67. The van der Waals surface area contributed by atoms with Crippen LogP contribution < -0.4 is 10.5 Å². The van der Waals surface area contributed by atoms with Crippen molar-refractivity contribution < 1.29 is 9.84 Å². The van der Waals surface area contributed by atoms with E-state index >= 15 is 0 Å². The Morgan fingerprint density at radius 2 is 1.86 bits per heavy atom. The zero-order chi connectivity index (χ0) is 15.0. The number of benzene rings is 2.